The van der Waals surface area contributed by atoms with Crippen molar-refractivity contribution >= 4 is 0 Å². The first kappa shape index (κ1) is 47.0. The molecule has 55 heavy (non-hydrogen) atoms. The molecule has 0 aliphatic carbocycles. The van der Waals surface area contributed by atoms with E-state index in [1.54, 1.807) is 24.5 Å². The summed E-state index contributed by atoms with van der Waals surface area (Å²) in [7, 11) is 0. The van der Waals surface area contributed by atoms with E-state index >= 15 is 0 Å². The van der Waals surface area contributed by atoms with E-state index in [1.807, 2.05) is 39.8 Å². The standard InChI is InChI=1S/2C14H13F2N2.C11H17F3N4.Ir/c2*1-14(2,3)9-6-7-17-11(8-9)10-4-5-12(15)18-13(10)16;1-7(2)15-10(16-8(3)4)18-6-5-9(17-18)11(12,13)14;/h2*5-8H,1-3H3;5-8,10H,1-4H3;/q2*-1;-2;. The zero-order chi connectivity index (χ0) is 40.6. The third kappa shape index (κ3) is 14.5. The summed E-state index contributed by atoms with van der Waals surface area (Å²) in [5.41, 5.74) is 1.97. The van der Waals surface area contributed by atoms with Gasteiger partial charge in [0.2, 0.25) is 0 Å². The van der Waals surface area contributed by atoms with Gasteiger partial charge >= 0.3 is 6.18 Å². The fourth-order valence-electron chi connectivity index (χ4n) is 4.50. The van der Waals surface area contributed by atoms with Gasteiger partial charge in [-0.05, 0) is 51.5 Å². The number of nitrogens with zero attached hydrogens (tertiary/aromatic N) is 8. The van der Waals surface area contributed by atoms with E-state index in [0.29, 0.717) is 11.4 Å². The summed E-state index contributed by atoms with van der Waals surface area (Å²) < 4.78 is 91.0. The Morgan fingerprint density at radius 1 is 0.655 bits per heavy atom. The van der Waals surface area contributed by atoms with E-state index in [4.69, 9.17) is 0 Å². The van der Waals surface area contributed by atoms with Gasteiger partial charge in [0.15, 0.2) is 5.69 Å². The van der Waals surface area contributed by atoms with E-state index in [0.717, 1.165) is 34.0 Å². The minimum atomic E-state index is -4.44. The van der Waals surface area contributed by atoms with E-state index in [9.17, 15) is 30.7 Å². The van der Waals surface area contributed by atoms with Crippen LogP contribution in [0.4, 0.5) is 30.7 Å². The average Bonchev–Trinajstić information content (AvgIpc) is 3.56. The molecule has 0 atom stereocenters. The molecular weight excluding hydrogens is 906 g/mol. The van der Waals surface area contributed by atoms with Crippen LogP contribution in [0.15, 0.2) is 61.1 Å². The van der Waals surface area contributed by atoms with Gasteiger partial charge in [-0.3, -0.25) is 9.97 Å². The van der Waals surface area contributed by atoms with Crippen molar-refractivity contribution in [2.45, 2.75) is 105 Å². The average molecular weight is 949 g/mol. The molecule has 0 saturated carbocycles. The van der Waals surface area contributed by atoms with E-state index < -0.39 is 42.0 Å². The molecule has 5 aromatic rings. The Labute approximate surface area is 331 Å². The van der Waals surface area contributed by atoms with Crippen molar-refractivity contribution in [1.82, 2.24) is 29.7 Å². The molecule has 5 aromatic heterocycles. The second-order valence-electron chi connectivity index (χ2n) is 14.6. The fourth-order valence-corrected chi connectivity index (χ4v) is 4.50. The van der Waals surface area contributed by atoms with Crippen LogP contribution in [0.25, 0.3) is 33.1 Å². The zero-order valence-corrected chi connectivity index (χ0v) is 34.5. The molecule has 0 aliphatic rings. The molecule has 5 heterocycles. The Morgan fingerprint density at radius 2 is 1.05 bits per heavy atom. The summed E-state index contributed by atoms with van der Waals surface area (Å²) in [4.78, 5) is 14.4. The summed E-state index contributed by atoms with van der Waals surface area (Å²) >= 11 is 0. The maximum Gasteiger partial charge on any atom is 0.435 e. The normalized spacial score (nSPS) is 11.9. The summed E-state index contributed by atoms with van der Waals surface area (Å²) in [5, 5.41) is 12.0. The van der Waals surface area contributed by atoms with Crippen LogP contribution in [0, 0.1) is 35.9 Å². The van der Waals surface area contributed by atoms with Crippen LogP contribution in [0.3, 0.4) is 0 Å². The Kier molecular flexibility index (Phi) is 16.8. The molecule has 0 bridgehead atoms. The maximum atomic E-state index is 13.5. The molecule has 0 fully saturated rings. The zero-order valence-electron chi connectivity index (χ0n) is 32.1. The number of hydrogen-bond acceptors (Lipinski definition) is 5. The molecule has 0 saturated heterocycles. The van der Waals surface area contributed by atoms with Gasteiger partial charge in [-0.2, -0.15) is 18.3 Å². The molecule has 5 rings (SSSR count). The quantitative estimate of drug-likeness (QED) is 0.0920. The number of pyridine rings is 4. The first-order chi connectivity index (χ1) is 24.9. The number of aromatic nitrogens is 6. The van der Waals surface area contributed by atoms with Gasteiger partial charge in [-0.1, -0.05) is 105 Å². The van der Waals surface area contributed by atoms with Crippen LogP contribution in [0.5, 0.6) is 0 Å². The molecular formula is C39H43F7IrN8-4. The van der Waals surface area contributed by atoms with Crippen LogP contribution >= 0.6 is 0 Å². The van der Waals surface area contributed by atoms with Crippen molar-refractivity contribution in [2.75, 3.05) is 0 Å². The predicted molar refractivity (Wildman–Crippen MR) is 193 cm³/mol. The van der Waals surface area contributed by atoms with Gasteiger partial charge in [0.1, 0.15) is 23.8 Å². The molecule has 8 nitrogen and oxygen atoms in total. The van der Waals surface area contributed by atoms with E-state index in [1.165, 1.54) is 6.20 Å². The van der Waals surface area contributed by atoms with E-state index in [2.05, 4.69) is 89.3 Å². The second kappa shape index (κ2) is 19.7. The Balaban J connectivity index is 0.000000283. The van der Waals surface area contributed by atoms with E-state index in [-0.39, 0.29) is 54.1 Å². The van der Waals surface area contributed by atoms with Gasteiger partial charge in [0, 0.05) is 38.7 Å². The Bertz CT molecular complexity index is 1850. The summed E-state index contributed by atoms with van der Waals surface area (Å²) in [6.45, 7) is 19.7. The largest absolute Gasteiger partial charge is 0.657 e. The number of hydrogen-bond donors (Lipinski definition) is 0. The van der Waals surface area contributed by atoms with Gasteiger partial charge in [0.05, 0.1) is 0 Å². The van der Waals surface area contributed by atoms with Crippen molar-refractivity contribution in [3.8, 4) is 22.5 Å². The first-order valence-electron chi connectivity index (χ1n) is 16.9. The predicted octanol–water partition coefficient (Wildman–Crippen LogP) is 11.0. The maximum absolute atomic E-state index is 13.5. The topological polar surface area (TPSA) is 97.6 Å². The van der Waals surface area contributed by atoms with Crippen molar-refractivity contribution in [3.05, 3.63) is 124 Å². The van der Waals surface area contributed by atoms with Gasteiger partial charge < -0.3 is 25.3 Å². The molecule has 0 aromatic carbocycles. The SMILES string of the molecule is CC(C)(C)c1ccnc(-c2[c-]cc(F)nc2F)c1.CC(C)(C)c1ccnc(-c2[c-]cc(F)nc2F)c1.CC(C)[N-]C([N-]C(C)C)n1ccc(C(F)(F)F)n1.[Ir]. The molecule has 0 aliphatic heterocycles. The van der Waals surface area contributed by atoms with Crippen molar-refractivity contribution in [2.24, 2.45) is 0 Å². The van der Waals surface area contributed by atoms with Crippen LogP contribution in [-0.2, 0) is 37.1 Å². The number of rotatable bonds is 7. The van der Waals surface area contributed by atoms with Gasteiger partial charge in [-0.25, -0.2) is 17.6 Å². The van der Waals surface area contributed by atoms with Crippen LogP contribution in [-0.4, -0.2) is 41.8 Å². The summed E-state index contributed by atoms with van der Waals surface area (Å²) in [6.07, 6.45) is -0.684. The Hall–Kier alpha value is -4.11. The summed E-state index contributed by atoms with van der Waals surface area (Å²) in [6, 6.07) is 15.2. The van der Waals surface area contributed by atoms with Gasteiger partial charge in [-0.15, -0.1) is 30.5 Å². The van der Waals surface area contributed by atoms with Crippen molar-refractivity contribution < 1.29 is 50.8 Å². The molecule has 0 amide bonds. The van der Waals surface area contributed by atoms with Crippen LogP contribution < -0.4 is 0 Å². The fraction of sp³-hybridized carbons (Fsp3) is 0.410. The van der Waals surface area contributed by atoms with Crippen LogP contribution in [0.1, 0.15) is 92.3 Å². The monoisotopic (exact) mass is 949 g/mol. The first-order valence-corrected chi connectivity index (χ1v) is 16.9. The smallest absolute Gasteiger partial charge is 0.435 e. The Morgan fingerprint density at radius 3 is 1.36 bits per heavy atom. The number of alkyl halides is 3. The molecule has 301 valence electrons. The molecule has 0 unspecified atom stereocenters. The van der Waals surface area contributed by atoms with Gasteiger partial charge in [0.25, 0.3) is 0 Å². The molecule has 0 N–H and O–H groups in total. The molecule has 1 radical (unpaired) electrons. The van der Waals surface area contributed by atoms with Crippen LogP contribution in [0.2, 0.25) is 0 Å². The minimum Gasteiger partial charge on any atom is -0.657 e. The third-order valence-corrected chi connectivity index (χ3v) is 7.26. The molecule has 16 heteroatoms. The third-order valence-electron chi connectivity index (χ3n) is 7.26. The molecule has 0 spiro atoms. The second-order valence-corrected chi connectivity index (χ2v) is 14.6. The summed E-state index contributed by atoms with van der Waals surface area (Å²) in [5.74, 6) is -3.56. The minimum absolute atomic E-state index is 0. The van der Waals surface area contributed by atoms with Crippen molar-refractivity contribution in [1.29, 1.82) is 0 Å². The van der Waals surface area contributed by atoms with Crippen molar-refractivity contribution in [3.63, 3.8) is 0 Å². The number of halogens is 7.